The first-order valence-corrected chi connectivity index (χ1v) is 7.54. The van der Waals surface area contributed by atoms with Gasteiger partial charge < -0.3 is 9.42 Å². The van der Waals surface area contributed by atoms with E-state index in [1.807, 2.05) is 0 Å². The van der Waals surface area contributed by atoms with Gasteiger partial charge in [-0.1, -0.05) is 36.3 Å². The molecule has 0 spiro atoms. The number of nitrogens with zero attached hydrogens (tertiary/aromatic N) is 2. The largest absolute Gasteiger partial charge is 0.368 e. The van der Waals surface area contributed by atoms with E-state index in [1.54, 1.807) is 6.26 Å². The highest BCUT2D eigenvalue weighted by Gasteiger charge is 2.33. The Labute approximate surface area is 120 Å². The molecule has 0 saturated heterocycles. The predicted molar refractivity (Wildman–Crippen MR) is 81.4 cm³/mol. The Morgan fingerprint density at radius 1 is 1.20 bits per heavy atom. The lowest BCUT2D eigenvalue weighted by molar-refractivity contribution is 0.407. The van der Waals surface area contributed by atoms with Crippen LogP contribution in [0.4, 0.5) is 5.69 Å². The molecule has 106 valence electrons. The van der Waals surface area contributed by atoms with Crippen molar-refractivity contribution < 1.29 is 4.52 Å². The molecule has 3 nitrogen and oxygen atoms in total. The second-order valence-corrected chi connectivity index (χ2v) is 5.58. The fraction of sp³-hybridized carbons (Fsp3) is 0.471. The zero-order valence-electron chi connectivity index (χ0n) is 12.5. The van der Waals surface area contributed by atoms with Crippen molar-refractivity contribution in [1.29, 1.82) is 0 Å². The van der Waals surface area contributed by atoms with Crippen LogP contribution in [-0.2, 0) is 0 Å². The van der Waals surface area contributed by atoms with E-state index in [9.17, 15) is 0 Å². The first kappa shape index (κ1) is 13.2. The van der Waals surface area contributed by atoms with Crippen molar-refractivity contribution in [2.45, 2.75) is 39.0 Å². The molecule has 20 heavy (non-hydrogen) atoms. The first-order chi connectivity index (χ1) is 9.76. The number of aromatic nitrogens is 1. The highest BCUT2D eigenvalue weighted by molar-refractivity contribution is 5.55. The summed E-state index contributed by atoms with van der Waals surface area (Å²) in [4.78, 5) is 2.32. The van der Waals surface area contributed by atoms with Gasteiger partial charge in [-0.05, 0) is 37.3 Å². The van der Waals surface area contributed by atoms with Crippen LogP contribution in [0.1, 0.15) is 55.8 Å². The Kier molecular flexibility index (Phi) is 3.51. The topological polar surface area (TPSA) is 29.3 Å². The molecule has 2 atom stereocenters. The molecule has 1 aliphatic rings. The summed E-state index contributed by atoms with van der Waals surface area (Å²) in [5.74, 6) is 0.966. The minimum Gasteiger partial charge on any atom is -0.368 e. The zero-order valence-corrected chi connectivity index (χ0v) is 12.5. The maximum Gasteiger partial charge on any atom is 0.147 e. The number of fused-ring (bicyclic) bond motifs is 1. The Morgan fingerprint density at radius 3 is 2.60 bits per heavy atom. The van der Waals surface area contributed by atoms with E-state index < -0.39 is 0 Å². The lowest BCUT2D eigenvalue weighted by Gasteiger charge is -2.21. The molecule has 0 aliphatic heterocycles. The van der Waals surface area contributed by atoms with Crippen LogP contribution in [0.2, 0.25) is 0 Å². The van der Waals surface area contributed by atoms with Gasteiger partial charge in [-0.25, -0.2) is 0 Å². The number of hydrogen-bond donors (Lipinski definition) is 0. The second-order valence-electron chi connectivity index (χ2n) is 5.58. The van der Waals surface area contributed by atoms with E-state index in [0.717, 1.165) is 30.9 Å². The fourth-order valence-electron chi connectivity index (χ4n) is 3.43. The predicted octanol–water partition coefficient (Wildman–Crippen LogP) is 4.16. The molecular weight excluding hydrogens is 248 g/mol. The summed E-state index contributed by atoms with van der Waals surface area (Å²) in [7, 11) is 0. The van der Waals surface area contributed by atoms with Gasteiger partial charge in [0.25, 0.3) is 0 Å². The van der Waals surface area contributed by atoms with Crippen molar-refractivity contribution in [3.05, 3.63) is 47.3 Å². The van der Waals surface area contributed by atoms with Crippen molar-refractivity contribution in [3.8, 4) is 0 Å². The maximum absolute atomic E-state index is 5.30. The molecule has 0 N–H and O–H groups in total. The Morgan fingerprint density at radius 2 is 1.90 bits per heavy atom. The highest BCUT2D eigenvalue weighted by Crippen LogP contribution is 2.46. The number of anilines is 1. The van der Waals surface area contributed by atoms with E-state index in [0.29, 0.717) is 11.8 Å². The van der Waals surface area contributed by atoms with Crippen LogP contribution >= 0.6 is 0 Å². The summed E-state index contributed by atoms with van der Waals surface area (Å²) in [6, 6.07) is 8.74. The average Bonchev–Trinajstić information content (AvgIpc) is 3.06. The van der Waals surface area contributed by atoms with E-state index in [2.05, 4.69) is 55.1 Å². The smallest absolute Gasteiger partial charge is 0.147 e. The summed E-state index contributed by atoms with van der Waals surface area (Å²) in [6.07, 6.45) is 2.92. The van der Waals surface area contributed by atoms with Gasteiger partial charge in [0.2, 0.25) is 0 Å². The van der Waals surface area contributed by atoms with E-state index >= 15 is 0 Å². The fourth-order valence-corrected chi connectivity index (χ4v) is 3.43. The van der Waals surface area contributed by atoms with Crippen LogP contribution in [0.15, 0.2) is 35.1 Å². The van der Waals surface area contributed by atoms with Crippen molar-refractivity contribution in [2.75, 3.05) is 18.0 Å². The van der Waals surface area contributed by atoms with Gasteiger partial charge >= 0.3 is 0 Å². The van der Waals surface area contributed by atoms with Crippen LogP contribution in [0.25, 0.3) is 0 Å². The molecule has 0 saturated carbocycles. The molecule has 0 fully saturated rings. The quantitative estimate of drug-likeness (QED) is 0.835. The van der Waals surface area contributed by atoms with E-state index in [1.165, 1.54) is 11.1 Å². The minimum absolute atomic E-state index is 0.371. The standard InChI is InChI=1S/C17H22N2O/c1-4-19(5-2)16-11-20-18-17(16)15-10-12(3)13-8-6-7-9-14(13)15/h6-9,11-12,15H,4-5,10H2,1-3H3. The van der Waals surface area contributed by atoms with Crippen LogP contribution < -0.4 is 4.90 Å². The lowest BCUT2D eigenvalue weighted by Crippen LogP contribution is -2.23. The summed E-state index contributed by atoms with van der Waals surface area (Å²) >= 11 is 0. The maximum atomic E-state index is 5.30. The van der Waals surface area contributed by atoms with Gasteiger partial charge in [0, 0.05) is 19.0 Å². The molecule has 0 radical (unpaired) electrons. The normalized spacial score (nSPS) is 20.9. The van der Waals surface area contributed by atoms with Gasteiger partial charge in [-0.2, -0.15) is 0 Å². The lowest BCUT2D eigenvalue weighted by atomic mass is 9.96. The third kappa shape index (κ3) is 2.01. The van der Waals surface area contributed by atoms with Gasteiger partial charge in [-0.3, -0.25) is 0 Å². The zero-order chi connectivity index (χ0) is 14.1. The molecule has 3 rings (SSSR count). The molecule has 1 aliphatic carbocycles. The Balaban J connectivity index is 2.02. The number of benzene rings is 1. The van der Waals surface area contributed by atoms with Crippen LogP contribution in [-0.4, -0.2) is 18.2 Å². The Bertz CT molecular complexity index is 586. The van der Waals surface area contributed by atoms with Crippen molar-refractivity contribution >= 4 is 5.69 Å². The molecule has 1 heterocycles. The van der Waals surface area contributed by atoms with Gasteiger partial charge in [0.1, 0.15) is 17.6 Å². The Hall–Kier alpha value is -1.77. The minimum atomic E-state index is 0.371. The molecule has 1 aromatic carbocycles. The monoisotopic (exact) mass is 270 g/mol. The summed E-state index contributed by atoms with van der Waals surface area (Å²) in [5.41, 5.74) is 5.14. The summed E-state index contributed by atoms with van der Waals surface area (Å²) < 4.78 is 5.30. The van der Waals surface area contributed by atoms with Crippen molar-refractivity contribution in [3.63, 3.8) is 0 Å². The van der Waals surface area contributed by atoms with Crippen LogP contribution in [0.5, 0.6) is 0 Å². The van der Waals surface area contributed by atoms with Gasteiger partial charge in [0.05, 0.1) is 0 Å². The molecule has 0 bridgehead atoms. The molecule has 0 amide bonds. The third-order valence-corrected chi connectivity index (χ3v) is 4.50. The van der Waals surface area contributed by atoms with E-state index in [4.69, 9.17) is 4.52 Å². The van der Waals surface area contributed by atoms with Gasteiger partial charge in [0.15, 0.2) is 0 Å². The first-order valence-electron chi connectivity index (χ1n) is 7.54. The second kappa shape index (κ2) is 5.31. The van der Waals surface area contributed by atoms with E-state index in [-0.39, 0.29) is 0 Å². The molecule has 2 aromatic rings. The van der Waals surface area contributed by atoms with Crippen LogP contribution in [0, 0.1) is 0 Å². The molecule has 2 unspecified atom stereocenters. The molecular formula is C17H22N2O. The van der Waals surface area contributed by atoms with Gasteiger partial charge in [-0.15, -0.1) is 0 Å². The van der Waals surface area contributed by atoms with Crippen LogP contribution in [0.3, 0.4) is 0 Å². The van der Waals surface area contributed by atoms with Crippen molar-refractivity contribution in [1.82, 2.24) is 5.16 Å². The molecule has 1 aromatic heterocycles. The summed E-state index contributed by atoms with van der Waals surface area (Å²) in [5, 5.41) is 4.33. The average molecular weight is 270 g/mol. The third-order valence-electron chi connectivity index (χ3n) is 4.50. The number of hydrogen-bond acceptors (Lipinski definition) is 3. The highest BCUT2D eigenvalue weighted by atomic mass is 16.5. The number of rotatable bonds is 4. The summed E-state index contributed by atoms with van der Waals surface area (Å²) in [6.45, 7) is 8.61. The SMILES string of the molecule is CCN(CC)c1conc1C1CC(C)c2ccccc21. The van der Waals surface area contributed by atoms with Crippen molar-refractivity contribution in [2.24, 2.45) is 0 Å². The molecule has 3 heteroatoms.